The van der Waals surface area contributed by atoms with E-state index in [9.17, 15) is 0 Å². The van der Waals surface area contributed by atoms with Crippen LogP contribution >= 0.6 is 35.7 Å². The van der Waals surface area contributed by atoms with Crippen LogP contribution in [-0.4, -0.2) is 32.6 Å². The summed E-state index contributed by atoms with van der Waals surface area (Å²) in [5.41, 5.74) is 0. The van der Waals surface area contributed by atoms with Crippen molar-refractivity contribution >= 4 is 40.1 Å². The van der Waals surface area contributed by atoms with Gasteiger partial charge in [-0.15, -0.1) is 11.8 Å². The second-order valence-corrected chi connectivity index (χ2v) is 6.28. The Morgan fingerprint density at radius 1 is 1.69 bits per heavy atom. The van der Waals surface area contributed by atoms with Crippen molar-refractivity contribution in [1.82, 2.24) is 4.90 Å². The van der Waals surface area contributed by atoms with Crippen molar-refractivity contribution in [3.8, 4) is 0 Å². The van der Waals surface area contributed by atoms with E-state index in [2.05, 4.69) is 18.7 Å². The number of hydrogen-bond acceptors (Lipinski definition) is 3. The Kier molecular flexibility index (Phi) is 5.51. The molecule has 0 spiro atoms. The number of nitrogens with zero attached hydrogens (tertiary/aromatic N) is 1. The van der Waals surface area contributed by atoms with Gasteiger partial charge in [-0.1, -0.05) is 37.3 Å². The standard InChI is InChI=1S/C9H17NS3/c1-3-4-6-12-8(2)10-5-7-13-9(10)11/h8H,3-7H2,1-2H3. The molecule has 0 amide bonds. The molecule has 0 N–H and O–H groups in total. The third-order valence-corrected chi connectivity index (χ3v) is 4.81. The Morgan fingerprint density at radius 2 is 2.46 bits per heavy atom. The van der Waals surface area contributed by atoms with Crippen LogP contribution in [0.2, 0.25) is 0 Å². The topological polar surface area (TPSA) is 3.24 Å². The fourth-order valence-corrected chi connectivity index (χ4v) is 3.92. The highest BCUT2D eigenvalue weighted by molar-refractivity contribution is 8.23. The van der Waals surface area contributed by atoms with Gasteiger partial charge < -0.3 is 4.90 Å². The van der Waals surface area contributed by atoms with Crippen LogP contribution in [0.4, 0.5) is 0 Å². The number of rotatable bonds is 5. The van der Waals surface area contributed by atoms with Gasteiger partial charge in [0.05, 0.1) is 5.37 Å². The van der Waals surface area contributed by atoms with Gasteiger partial charge >= 0.3 is 0 Å². The van der Waals surface area contributed by atoms with Gasteiger partial charge in [-0.05, 0) is 19.1 Å². The number of thioether (sulfide) groups is 2. The van der Waals surface area contributed by atoms with E-state index >= 15 is 0 Å². The second kappa shape index (κ2) is 6.14. The van der Waals surface area contributed by atoms with Crippen LogP contribution in [0.5, 0.6) is 0 Å². The maximum Gasteiger partial charge on any atom is 0.137 e. The van der Waals surface area contributed by atoms with Crippen LogP contribution in [0, 0.1) is 0 Å². The minimum absolute atomic E-state index is 0.578. The highest BCUT2D eigenvalue weighted by atomic mass is 32.2. The van der Waals surface area contributed by atoms with Gasteiger partial charge in [0.2, 0.25) is 0 Å². The molecule has 0 aromatic carbocycles. The zero-order chi connectivity index (χ0) is 9.68. The first-order valence-corrected chi connectivity index (χ1v) is 7.25. The largest absolute Gasteiger partial charge is 0.345 e. The zero-order valence-corrected chi connectivity index (χ0v) is 10.7. The summed E-state index contributed by atoms with van der Waals surface area (Å²) in [4.78, 5) is 2.35. The normalized spacial score (nSPS) is 19.5. The molecule has 0 bridgehead atoms. The van der Waals surface area contributed by atoms with Crippen LogP contribution in [0.15, 0.2) is 0 Å². The molecule has 1 saturated heterocycles. The van der Waals surface area contributed by atoms with E-state index in [0.717, 1.165) is 10.9 Å². The van der Waals surface area contributed by atoms with Gasteiger partial charge in [0.1, 0.15) is 4.32 Å². The molecule has 1 rings (SSSR count). The van der Waals surface area contributed by atoms with E-state index in [1.54, 1.807) is 0 Å². The summed E-state index contributed by atoms with van der Waals surface area (Å²) in [6, 6.07) is 0. The molecule has 76 valence electrons. The molecule has 1 fully saturated rings. The Hall–Kier alpha value is 0.590. The quantitative estimate of drug-likeness (QED) is 0.531. The zero-order valence-electron chi connectivity index (χ0n) is 8.28. The number of unbranched alkanes of at least 4 members (excludes halogenated alkanes) is 1. The predicted molar refractivity (Wildman–Crippen MR) is 68.6 cm³/mol. The lowest BCUT2D eigenvalue weighted by molar-refractivity contribution is 0.462. The van der Waals surface area contributed by atoms with Crippen molar-refractivity contribution in [2.24, 2.45) is 0 Å². The number of thiocarbonyl (C=S) groups is 1. The first kappa shape index (κ1) is 11.7. The van der Waals surface area contributed by atoms with E-state index in [4.69, 9.17) is 12.2 Å². The van der Waals surface area contributed by atoms with E-state index in [-0.39, 0.29) is 0 Å². The van der Waals surface area contributed by atoms with Gasteiger partial charge in [0.15, 0.2) is 0 Å². The Bertz CT molecular complexity index is 172. The molecule has 0 aliphatic carbocycles. The molecular formula is C9H17NS3. The molecule has 0 aromatic heterocycles. The van der Waals surface area contributed by atoms with E-state index in [1.165, 1.54) is 24.3 Å². The molecule has 1 aliphatic rings. The monoisotopic (exact) mass is 235 g/mol. The van der Waals surface area contributed by atoms with Crippen molar-refractivity contribution in [1.29, 1.82) is 0 Å². The highest BCUT2D eigenvalue weighted by Gasteiger charge is 2.22. The van der Waals surface area contributed by atoms with E-state index in [1.807, 2.05) is 23.5 Å². The summed E-state index contributed by atoms with van der Waals surface area (Å²) in [5.74, 6) is 2.44. The molecule has 1 nitrogen and oxygen atoms in total. The molecule has 0 saturated carbocycles. The molecule has 0 aromatic rings. The van der Waals surface area contributed by atoms with E-state index in [0.29, 0.717) is 5.37 Å². The summed E-state index contributed by atoms with van der Waals surface area (Å²) >= 11 is 9.12. The van der Waals surface area contributed by atoms with Crippen molar-refractivity contribution in [2.45, 2.75) is 32.1 Å². The second-order valence-electron chi connectivity index (χ2n) is 3.13. The Labute approximate surface area is 95.0 Å². The first-order chi connectivity index (χ1) is 6.25. The van der Waals surface area contributed by atoms with Gasteiger partial charge in [0.25, 0.3) is 0 Å². The maximum absolute atomic E-state index is 5.27. The average Bonchev–Trinajstić information content (AvgIpc) is 2.52. The predicted octanol–water partition coefficient (Wildman–Crippen LogP) is 3.20. The fourth-order valence-electron chi connectivity index (χ4n) is 1.22. The van der Waals surface area contributed by atoms with Crippen molar-refractivity contribution in [3.05, 3.63) is 0 Å². The first-order valence-electron chi connectivity index (χ1n) is 4.80. The third-order valence-electron chi connectivity index (χ3n) is 2.09. The smallest absolute Gasteiger partial charge is 0.137 e. The van der Waals surface area contributed by atoms with Crippen molar-refractivity contribution in [3.63, 3.8) is 0 Å². The van der Waals surface area contributed by atoms with Gasteiger partial charge in [-0.3, -0.25) is 0 Å². The van der Waals surface area contributed by atoms with Crippen LogP contribution < -0.4 is 0 Å². The minimum atomic E-state index is 0.578. The Balaban J connectivity index is 2.22. The fraction of sp³-hybridized carbons (Fsp3) is 0.889. The summed E-state index contributed by atoms with van der Waals surface area (Å²) in [7, 11) is 0. The molecular weight excluding hydrogens is 218 g/mol. The lowest BCUT2D eigenvalue weighted by Gasteiger charge is -2.24. The van der Waals surface area contributed by atoms with Crippen molar-refractivity contribution < 1.29 is 0 Å². The van der Waals surface area contributed by atoms with Gasteiger partial charge in [-0.2, -0.15) is 0 Å². The lowest BCUT2D eigenvalue weighted by Crippen LogP contribution is -2.30. The average molecular weight is 235 g/mol. The summed E-state index contributed by atoms with van der Waals surface area (Å²) < 4.78 is 1.09. The summed E-state index contributed by atoms with van der Waals surface area (Å²) in [6.45, 7) is 5.64. The van der Waals surface area contributed by atoms with Gasteiger partial charge in [-0.25, -0.2) is 0 Å². The lowest BCUT2D eigenvalue weighted by atomic mass is 10.4. The SMILES string of the molecule is CCCCSC(C)N1CCSC1=S. The summed E-state index contributed by atoms with van der Waals surface area (Å²) in [6.07, 6.45) is 2.61. The van der Waals surface area contributed by atoms with E-state index < -0.39 is 0 Å². The van der Waals surface area contributed by atoms with Gasteiger partial charge in [0, 0.05) is 12.3 Å². The summed E-state index contributed by atoms with van der Waals surface area (Å²) in [5, 5.41) is 0.578. The van der Waals surface area contributed by atoms with Crippen LogP contribution in [0.1, 0.15) is 26.7 Å². The maximum atomic E-state index is 5.27. The molecule has 0 radical (unpaired) electrons. The molecule has 1 aliphatic heterocycles. The highest BCUT2D eigenvalue weighted by Crippen LogP contribution is 2.26. The third kappa shape index (κ3) is 3.68. The minimum Gasteiger partial charge on any atom is -0.345 e. The number of hydrogen-bond donors (Lipinski definition) is 0. The molecule has 1 unspecified atom stereocenters. The van der Waals surface area contributed by atoms with Crippen molar-refractivity contribution in [2.75, 3.05) is 18.1 Å². The molecule has 13 heavy (non-hydrogen) atoms. The van der Waals surface area contributed by atoms with Crippen LogP contribution in [0.3, 0.4) is 0 Å². The molecule has 1 heterocycles. The molecule has 1 atom stereocenters. The Morgan fingerprint density at radius 3 is 3.00 bits per heavy atom. The molecule has 4 heteroatoms. The van der Waals surface area contributed by atoms with Crippen LogP contribution in [-0.2, 0) is 0 Å². The van der Waals surface area contributed by atoms with Crippen LogP contribution in [0.25, 0.3) is 0 Å².